The lowest BCUT2D eigenvalue weighted by molar-refractivity contribution is 0.0992. The number of hydrogen-bond donors (Lipinski definition) is 1. The molecule has 1 amide bonds. The van der Waals surface area contributed by atoms with E-state index in [-0.39, 0.29) is 5.91 Å². The van der Waals surface area contributed by atoms with Crippen LogP contribution in [-0.2, 0) is 0 Å². The van der Waals surface area contributed by atoms with E-state index < -0.39 is 12.0 Å². The molecule has 0 saturated heterocycles. The summed E-state index contributed by atoms with van der Waals surface area (Å²) in [6, 6.07) is 15.8. The lowest BCUT2D eigenvalue weighted by Crippen LogP contribution is -2.33. The molecule has 4 nitrogen and oxygen atoms in total. The van der Waals surface area contributed by atoms with Crippen LogP contribution in [0.25, 0.3) is 0 Å². The summed E-state index contributed by atoms with van der Waals surface area (Å²) in [6.07, 6.45) is 1.13. The van der Waals surface area contributed by atoms with Crippen molar-refractivity contribution in [3.05, 3.63) is 87.8 Å². The van der Waals surface area contributed by atoms with Crippen LogP contribution in [0.2, 0.25) is 0 Å². The summed E-state index contributed by atoms with van der Waals surface area (Å²) in [6.45, 7) is 1.94. The van der Waals surface area contributed by atoms with Gasteiger partial charge in [-0.05, 0) is 48.9 Å². The highest BCUT2D eigenvalue weighted by Crippen LogP contribution is 2.38. The third kappa shape index (κ3) is 2.86. The first-order valence-corrected chi connectivity index (χ1v) is 8.90. The largest absolute Gasteiger partial charge is 0.359 e. The van der Waals surface area contributed by atoms with Crippen LogP contribution in [0.5, 0.6) is 0 Å². The Labute approximate surface area is 158 Å². The highest BCUT2D eigenvalue weighted by Gasteiger charge is 2.38. The topological polar surface area (TPSA) is 45.2 Å². The quantitative estimate of drug-likeness (QED) is 0.654. The normalized spacial score (nSPS) is 15.9. The minimum Gasteiger partial charge on any atom is -0.359 e. The Morgan fingerprint density at radius 3 is 2.73 bits per heavy atom. The number of carbonyl (C=O) groups is 1. The Bertz CT molecular complexity index is 1010. The van der Waals surface area contributed by atoms with Gasteiger partial charge in [-0.3, -0.25) is 9.69 Å². The van der Waals surface area contributed by atoms with Crippen LogP contribution < -0.4 is 10.2 Å². The highest BCUT2D eigenvalue weighted by molar-refractivity contribution is 9.10. The van der Waals surface area contributed by atoms with Crippen molar-refractivity contribution in [1.82, 2.24) is 4.98 Å². The van der Waals surface area contributed by atoms with Crippen LogP contribution in [0.15, 0.2) is 65.3 Å². The molecule has 0 aliphatic carbocycles. The van der Waals surface area contributed by atoms with Crippen LogP contribution in [-0.4, -0.2) is 10.9 Å². The number of benzene rings is 2. The fourth-order valence-electron chi connectivity index (χ4n) is 3.10. The predicted octanol–water partition coefficient (Wildman–Crippen LogP) is 5.06. The molecule has 6 heteroatoms. The zero-order valence-corrected chi connectivity index (χ0v) is 15.5. The smallest absolute Gasteiger partial charge is 0.261 e. The molecule has 4 rings (SSSR count). The second-order valence-corrected chi connectivity index (χ2v) is 7.04. The molecule has 1 aromatic heterocycles. The van der Waals surface area contributed by atoms with E-state index in [0.717, 1.165) is 11.1 Å². The number of nitrogens with one attached hydrogen (secondary N) is 1. The molecule has 0 spiro atoms. The van der Waals surface area contributed by atoms with Gasteiger partial charge in [0.15, 0.2) is 0 Å². The molecule has 0 radical (unpaired) electrons. The molecular weight excluding hydrogens is 397 g/mol. The summed E-state index contributed by atoms with van der Waals surface area (Å²) in [5.74, 6) is -0.0247. The summed E-state index contributed by atoms with van der Waals surface area (Å²) in [7, 11) is 0. The zero-order valence-electron chi connectivity index (χ0n) is 13.9. The van der Waals surface area contributed by atoms with Crippen LogP contribution in [0.4, 0.5) is 15.9 Å². The van der Waals surface area contributed by atoms with Crippen LogP contribution in [0.1, 0.15) is 27.7 Å². The average molecular weight is 412 g/mol. The maximum absolute atomic E-state index is 14.4. The van der Waals surface area contributed by atoms with Crippen LogP contribution >= 0.6 is 15.9 Å². The van der Waals surface area contributed by atoms with Crippen molar-refractivity contribution < 1.29 is 9.18 Å². The number of halogens is 2. The Morgan fingerprint density at radius 2 is 1.96 bits per heavy atom. The number of carbonyl (C=O) groups excluding carboxylic acids is 1. The van der Waals surface area contributed by atoms with Crippen LogP contribution in [0, 0.1) is 12.7 Å². The van der Waals surface area contributed by atoms with E-state index >= 15 is 0 Å². The van der Waals surface area contributed by atoms with Gasteiger partial charge in [-0.1, -0.05) is 34.1 Å². The maximum Gasteiger partial charge on any atom is 0.261 e. The molecule has 0 saturated carbocycles. The predicted molar refractivity (Wildman–Crippen MR) is 103 cm³/mol. The molecule has 0 unspecified atom stereocenters. The number of hydrogen-bond acceptors (Lipinski definition) is 3. The molecular formula is C20H15BrFN3O. The number of aryl methyl sites for hydroxylation is 1. The second kappa shape index (κ2) is 6.53. The van der Waals surface area contributed by atoms with E-state index in [9.17, 15) is 9.18 Å². The van der Waals surface area contributed by atoms with E-state index in [4.69, 9.17) is 0 Å². The van der Waals surface area contributed by atoms with E-state index in [0.29, 0.717) is 21.5 Å². The highest BCUT2D eigenvalue weighted by atomic mass is 79.9. The molecule has 1 N–H and O–H groups in total. The summed E-state index contributed by atoms with van der Waals surface area (Å²) in [4.78, 5) is 18.9. The number of fused-ring (bicyclic) bond motifs is 1. The lowest BCUT2D eigenvalue weighted by atomic mass is 10.1. The Morgan fingerprint density at radius 1 is 1.15 bits per heavy atom. The standard InChI is InChI=1S/C20H15BrFN3O/c1-12-8-9-23-18(10-12)25-19(14-4-2-3-5-15(14)20(25)26)24-17-7-6-13(21)11-16(17)22/h2-11,19,24H,1H3/t19-/m1/s1. The van der Waals surface area contributed by atoms with Crippen molar-refractivity contribution in [3.63, 3.8) is 0 Å². The van der Waals surface area contributed by atoms with Gasteiger partial charge in [-0.25, -0.2) is 9.37 Å². The molecule has 0 bridgehead atoms. The molecule has 3 aromatic rings. The van der Waals surface area contributed by atoms with Gasteiger partial charge >= 0.3 is 0 Å². The minimum atomic E-state index is -0.538. The molecule has 130 valence electrons. The molecule has 26 heavy (non-hydrogen) atoms. The monoisotopic (exact) mass is 411 g/mol. The summed E-state index contributed by atoms with van der Waals surface area (Å²) in [5.41, 5.74) is 2.70. The Balaban J connectivity index is 1.81. The van der Waals surface area contributed by atoms with Gasteiger partial charge in [0, 0.05) is 21.8 Å². The fourth-order valence-corrected chi connectivity index (χ4v) is 3.43. The molecule has 0 fully saturated rings. The number of amides is 1. The van der Waals surface area contributed by atoms with Crippen molar-refractivity contribution in [2.24, 2.45) is 0 Å². The summed E-state index contributed by atoms with van der Waals surface area (Å²) in [5, 5.41) is 3.16. The zero-order chi connectivity index (χ0) is 18.3. The van der Waals surface area contributed by atoms with Gasteiger partial charge in [-0.15, -0.1) is 0 Å². The number of nitrogens with zero attached hydrogens (tertiary/aromatic N) is 2. The van der Waals surface area contributed by atoms with E-state index in [1.165, 1.54) is 6.07 Å². The number of pyridine rings is 1. The van der Waals surface area contributed by atoms with Gasteiger partial charge in [0.25, 0.3) is 5.91 Å². The molecule has 2 heterocycles. The molecule has 1 aliphatic heterocycles. The van der Waals surface area contributed by atoms with Gasteiger partial charge in [0.1, 0.15) is 17.8 Å². The second-order valence-electron chi connectivity index (χ2n) is 6.12. The molecule has 1 aliphatic rings. The van der Waals surface area contributed by atoms with Crippen molar-refractivity contribution >= 4 is 33.3 Å². The van der Waals surface area contributed by atoms with Gasteiger partial charge < -0.3 is 5.32 Å². The fraction of sp³-hybridized carbons (Fsp3) is 0.100. The van der Waals surface area contributed by atoms with Crippen molar-refractivity contribution in [3.8, 4) is 0 Å². The molecule has 2 aromatic carbocycles. The van der Waals surface area contributed by atoms with E-state index in [1.54, 1.807) is 29.3 Å². The Kier molecular flexibility index (Phi) is 4.20. The summed E-state index contributed by atoms with van der Waals surface area (Å²) >= 11 is 3.26. The van der Waals surface area contributed by atoms with Crippen molar-refractivity contribution in [2.75, 3.05) is 10.2 Å². The van der Waals surface area contributed by atoms with Gasteiger partial charge in [-0.2, -0.15) is 0 Å². The average Bonchev–Trinajstić information content (AvgIpc) is 2.90. The van der Waals surface area contributed by atoms with Crippen molar-refractivity contribution in [2.45, 2.75) is 13.1 Å². The number of rotatable bonds is 3. The van der Waals surface area contributed by atoms with Gasteiger partial charge in [0.2, 0.25) is 0 Å². The first kappa shape index (κ1) is 16.7. The van der Waals surface area contributed by atoms with E-state index in [2.05, 4.69) is 26.2 Å². The third-order valence-electron chi connectivity index (χ3n) is 4.33. The Hall–Kier alpha value is -2.73. The first-order valence-electron chi connectivity index (χ1n) is 8.11. The van der Waals surface area contributed by atoms with E-state index in [1.807, 2.05) is 37.3 Å². The van der Waals surface area contributed by atoms with Crippen LogP contribution in [0.3, 0.4) is 0 Å². The SMILES string of the molecule is Cc1ccnc(N2C(=O)c3ccccc3[C@@H]2Nc2ccc(Br)cc2F)c1. The minimum absolute atomic E-state index is 0.159. The van der Waals surface area contributed by atoms with Gasteiger partial charge in [0.05, 0.1) is 5.69 Å². The lowest BCUT2D eigenvalue weighted by Gasteiger charge is -2.26. The number of anilines is 2. The molecule has 1 atom stereocenters. The summed E-state index contributed by atoms with van der Waals surface area (Å²) < 4.78 is 15.0. The first-order chi connectivity index (χ1) is 12.5. The third-order valence-corrected chi connectivity index (χ3v) is 4.83. The maximum atomic E-state index is 14.4. The number of aromatic nitrogens is 1. The van der Waals surface area contributed by atoms with Crippen molar-refractivity contribution in [1.29, 1.82) is 0 Å².